The minimum Gasteiger partial charge on any atom is -0.434 e. The van der Waals surface area contributed by atoms with Crippen LogP contribution in [0, 0.1) is 0 Å². The average molecular weight is 675 g/mol. The molecule has 0 spiro atoms. The summed E-state index contributed by atoms with van der Waals surface area (Å²) in [4.78, 5) is 9.05. The van der Waals surface area contributed by atoms with Gasteiger partial charge in [0.1, 0.15) is 0 Å². The lowest BCUT2D eigenvalue weighted by atomic mass is 9.86. The number of aromatic nitrogens is 2. The Balaban J connectivity index is 1.17. The number of nitrogens with zero attached hydrogens (tertiary/aromatic N) is 2. The molecule has 0 aliphatic carbocycles. The first-order chi connectivity index (χ1) is 26.2. The summed E-state index contributed by atoms with van der Waals surface area (Å²) in [7, 11) is 0. The van der Waals surface area contributed by atoms with Crippen molar-refractivity contribution in [3.8, 4) is 44.8 Å². The Morgan fingerprint density at radius 1 is 0.340 bits per heavy atom. The molecule has 3 nitrogen and oxygen atoms in total. The van der Waals surface area contributed by atoms with Crippen molar-refractivity contribution in [2.24, 2.45) is 0 Å². The first kappa shape index (κ1) is 29.6. The largest absolute Gasteiger partial charge is 0.434 e. The van der Waals surface area contributed by atoms with Gasteiger partial charge in [0.15, 0.2) is 11.2 Å². The molecule has 2 aromatic heterocycles. The minimum atomic E-state index is 0.567. The SMILES string of the molecule is c1cc(-c2ccc3c(c2)c(-c2ccc4ccccc4c2)cc2c4ccccc4c(-c4ccc5ccccc5c4)cc32)cc(-c2nc3ncccc3o2)c1. The number of benzene rings is 9. The van der Waals surface area contributed by atoms with Gasteiger partial charge in [-0.3, -0.25) is 0 Å². The highest BCUT2D eigenvalue weighted by Crippen LogP contribution is 2.44. The van der Waals surface area contributed by atoms with Gasteiger partial charge in [-0.15, -0.1) is 0 Å². The maximum Gasteiger partial charge on any atom is 0.228 e. The van der Waals surface area contributed by atoms with Crippen molar-refractivity contribution in [3.63, 3.8) is 0 Å². The summed E-state index contributed by atoms with van der Waals surface area (Å²) < 4.78 is 6.11. The van der Waals surface area contributed by atoms with Crippen molar-refractivity contribution in [1.29, 1.82) is 0 Å². The smallest absolute Gasteiger partial charge is 0.228 e. The zero-order valence-corrected chi connectivity index (χ0v) is 28.6. The van der Waals surface area contributed by atoms with E-state index < -0.39 is 0 Å². The van der Waals surface area contributed by atoms with Crippen LogP contribution >= 0.6 is 0 Å². The van der Waals surface area contributed by atoms with Gasteiger partial charge in [-0.1, -0.05) is 121 Å². The standard InChI is InChI=1S/C50H30N2O/c1-3-11-33-25-37(20-18-31(33)9-1)43-29-47-42-23-22-36(35-13-7-14-39(27-35)50-52-49-48(53-50)17-8-24-51-49)28-45(42)44(30-46(47)41-16-6-5-15-40(41)43)38-21-19-32-10-2-4-12-34(32)26-38/h1-30H. The van der Waals surface area contributed by atoms with Crippen LogP contribution in [0.15, 0.2) is 187 Å². The number of hydrogen-bond donors (Lipinski definition) is 0. The average Bonchev–Trinajstić information content (AvgIpc) is 3.67. The molecule has 0 N–H and O–H groups in total. The summed E-state index contributed by atoms with van der Waals surface area (Å²) in [6, 6.07) is 63.7. The quantitative estimate of drug-likeness (QED) is 0.174. The molecule has 0 aliphatic heterocycles. The second-order valence-electron chi connectivity index (χ2n) is 13.8. The molecule has 11 rings (SSSR count). The first-order valence-corrected chi connectivity index (χ1v) is 18.0. The van der Waals surface area contributed by atoms with Gasteiger partial charge in [0.05, 0.1) is 0 Å². The van der Waals surface area contributed by atoms with Gasteiger partial charge in [-0.25, -0.2) is 4.98 Å². The topological polar surface area (TPSA) is 38.9 Å². The van der Waals surface area contributed by atoms with E-state index in [0.717, 1.165) is 16.7 Å². The van der Waals surface area contributed by atoms with E-state index in [2.05, 4.69) is 168 Å². The first-order valence-electron chi connectivity index (χ1n) is 18.0. The van der Waals surface area contributed by atoms with E-state index >= 15 is 0 Å². The summed E-state index contributed by atoms with van der Waals surface area (Å²) in [5, 5.41) is 12.4. The van der Waals surface area contributed by atoms with E-state index in [-0.39, 0.29) is 0 Å². The van der Waals surface area contributed by atoms with E-state index in [1.54, 1.807) is 6.20 Å². The number of pyridine rings is 1. The molecule has 0 radical (unpaired) electrons. The molecule has 0 bridgehead atoms. The number of hydrogen-bond acceptors (Lipinski definition) is 3. The molecule has 0 fully saturated rings. The van der Waals surface area contributed by atoms with Crippen molar-refractivity contribution in [2.75, 3.05) is 0 Å². The third kappa shape index (κ3) is 4.90. The lowest BCUT2D eigenvalue weighted by molar-refractivity contribution is 0.619. The Hall–Kier alpha value is -7.10. The normalized spacial score (nSPS) is 11.8. The molecule has 0 saturated carbocycles. The van der Waals surface area contributed by atoms with Crippen LogP contribution in [0.25, 0.3) is 110 Å². The molecule has 246 valence electrons. The van der Waals surface area contributed by atoms with Gasteiger partial charge >= 0.3 is 0 Å². The number of fused-ring (bicyclic) bond motifs is 8. The van der Waals surface area contributed by atoms with Crippen molar-refractivity contribution in [1.82, 2.24) is 9.97 Å². The Morgan fingerprint density at radius 2 is 0.925 bits per heavy atom. The monoisotopic (exact) mass is 674 g/mol. The second-order valence-corrected chi connectivity index (χ2v) is 13.8. The third-order valence-corrected chi connectivity index (χ3v) is 10.7. The lowest BCUT2D eigenvalue weighted by Gasteiger charge is -2.17. The highest BCUT2D eigenvalue weighted by molar-refractivity contribution is 6.24. The maximum atomic E-state index is 6.11. The molecule has 0 atom stereocenters. The predicted octanol–water partition coefficient (Wildman–Crippen LogP) is 13.7. The molecular formula is C50H30N2O. The van der Waals surface area contributed by atoms with Crippen molar-refractivity contribution in [3.05, 3.63) is 182 Å². The third-order valence-electron chi connectivity index (χ3n) is 10.7. The number of oxazole rings is 1. The fourth-order valence-corrected chi connectivity index (χ4v) is 8.10. The van der Waals surface area contributed by atoms with Crippen molar-refractivity contribution < 1.29 is 4.42 Å². The van der Waals surface area contributed by atoms with Gasteiger partial charge in [0.25, 0.3) is 0 Å². The summed E-state index contributed by atoms with van der Waals surface area (Å²) in [6.45, 7) is 0. The van der Waals surface area contributed by atoms with E-state index in [0.29, 0.717) is 17.1 Å². The Morgan fingerprint density at radius 3 is 1.64 bits per heavy atom. The Kier molecular flexibility index (Phi) is 6.55. The van der Waals surface area contributed by atoms with E-state index in [4.69, 9.17) is 4.42 Å². The van der Waals surface area contributed by atoms with Crippen LogP contribution in [0.4, 0.5) is 0 Å². The summed E-state index contributed by atoms with van der Waals surface area (Å²) in [5.74, 6) is 0.567. The summed E-state index contributed by atoms with van der Waals surface area (Å²) >= 11 is 0. The van der Waals surface area contributed by atoms with E-state index in [1.165, 1.54) is 76.1 Å². The van der Waals surface area contributed by atoms with Crippen LogP contribution in [-0.4, -0.2) is 9.97 Å². The molecule has 0 saturated heterocycles. The highest BCUT2D eigenvalue weighted by Gasteiger charge is 2.17. The van der Waals surface area contributed by atoms with Crippen LogP contribution in [0.1, 0.15) is 0 Å². The van der Waals surface area contributed by atoms with Crippen LogP contribution in [0.5, 0.6) is 0 Å². The molecule has 0 unspecified atom stereocenters. The second kappa shape index (κ2) is 11.7. The summed E-state index contributed by atoms with van der Waals surface area (Å²) in [6.07, 6.45) is 1.74. The van der Waals surface area contributed by atoms with Gasteiger partial charge < -0.3 is 4.42 Å². The summed E-state index contributed by atoms with van der Waals surface area (Å²) in [5.41, 5.74) is 9.31. The van der Waals surface area contributed by atoms with Crippen LogP contribution in [-0.2, 0) is 0 Å². The van der Waals surface area contributed by atoms with Gasteiger partial charge in [0, 0.05) is 11.8 Å². The molecule has 0 amide bonds. The van der Waals surface area contributed by atoms with Gasteiger partial charge in [-0.05, 0) is 142 Å². The van der Waals surface area contributed by atoms with Crippen LogP contribution in [0.3, 0.4) is 0 Å². The Bertz CT molecular complexity index is 3210. The van der Waals surface area contributed by atoms with Crippen molar-refractivity contribution in [2.45, 2.75) is 0 Å². The maximum absolute atomic E-state index is 6.11. The zero-order valence-electron chi connectivity index (χ0n) is 28.6. The Labute approximate surface area is 305 Å². The molecule has 3 heteroatoms. The van der Waals surface area contributed by atoms with Crippen LogP contribution in [0.2, 0.25) is 0 Å². The minimum absolute atomic E-state index is 0.567. The predicted molar refractivity (Wildman–Crippen MR) is 221 cm³/mol. The van der Waals surface area contributed by atoms with Crippen molar-refractivity contribution >= 4 is 65.1 Å². The molecular weight excluding hydrogens is 645 g/mol. The fraction of sp³-hybridized carbons (Fsp3) is 0. The molecule has 11 aromatic rings. The van der Waals surface area contributed by atoms with Crippen LogP contribution < -0.4 is 0 Å². The molecule has 53 heavy (non-hydrogen) atoms. The van der Waals surface area contributed by atoms with Gasteiger partial charge in [-0.2, -0.15) is 4.98 Å². The molecule has 9 aromatic carbocycles. The lowest BCUT2D eigenvalue weighted by Crippen LogP contribution is -1.90. The van der Waals surface area contributed by atoms with E-state index in [9.17, 15) is 0 Å². The zero-order chi connectivity index (χ0) is 34.9. The van der Waals surface area contributed by atoms with Gasteiger partial charge in [0.2, 0.25) is 5.89 Å². The van der Waals surface area contributed by atoms with E-state index in [1.807, 2.05) is 18.2 Å². The highest BCUT2D eigenvalue weighted by atomic mass is 16.3. The number of rotatable bonds is 4. The fourth-order valence-electron chi connectivity index (χ4n) is 8.10. The molecule has 2 heterocycles. The molecule has 0 aliphatic rings.